The van der Waals surface area contributed by atoms with Gasteiger partial charge in [-0.25, -0.2) is 0 Å². The van der Waals surface area contributed by atoms with E-state index in [9.17, 15) is 14.7 Å². The summed E-state index contributed by atoms with van der Waals surface area (Å²) in [5.74, 6) is -0.890. The number of rotatable bonds is 5. The van der Waals surface area contributed by atoms with E-state index in [1.807, 2.05) is 43.3 Å². The summed E-state index contributed by atoms with van der Waals surface area (Å²) < 4.78 is 5.48. The first-order valence-corrected chi connectivity index (χ1v) is 9.76. The lowest BCUT2D eigenvalue weighted by Crippen LogP contribution is -2.29. The lowest BCUT2D eigenvalue weighted by molar-refractivity contribution is -0.132. The first-order chi connectivity index (χ1) is 14.6. The van der Waals surface area contributed by atoms with Crippen molar-refractivity contribution in [3.8, 4) is 5.75 Å². The topological polar surface area (TPSA) is 66.8 Å². The van der Waals surface area contributed by atoms with Gasteiger partial charge in [-0.3, -0.25) is 14.5 Å². The molecule has 1 heterocycles. The first kappa shape index (κ1) is 19.5. The summed E-state index contributed by atoms with van der Waals surface area (Å²) in [5.41, 5.74) is 1.86. The molecule has 1 N–H and O–H groups in total. The molecule has 1 saturated heterocycles. The number of nitrogens with zero attached hydrogens (tertiary/aromatic N) is 1. The molecular formula is C25H21NO4. The molecule has 0 unspecified atom stereocenters. The van der Waals surface area contributed by atoms with E-state index in [1.165, 1.54) is 4.90 Å². The predicted molar refractivity (Wildman–Crippen MR) is 115 cm³/mol. The largest absolute Gasteiger partial charge is 0.507 e. The summed E-state index contributed by atoms with van der Waals surface area (Å²) in [6.45, 7) is 2.43. The van der Waals surface area contributed by atoms with Gasteiger partial charge in [-0.2, -0.15) is 0 Å². The van der Waals surface area contributed by atoms with Crippen molar-refractivity contribution in [2.45, 2.75) is 13.0 Å². The van der Waals surface area contributed by atoms with Crippen LogP contribution in [-0.4, -0.2) is 23.4 Å². The summed E-state index contributed by atoms with van der Waals surface area (Å²) in [6, 6.07) is 24.3. The van der Waals surface area contributed by atoms with E-state index in [4.69, 9.17) is 4.74 Å². The van der Waals surface area contributed by atoms with Crippen LogP contribution >= 0.6 is 0 Å². The fraction of sp³-hybridized carbons (Fsp3) is 0.120. The number of hydrogen-bond acceptors (Lipinski definition) is 4. The van der Waals surface area contributed by atoms with Gasteiger partial charge in [-0.15, -0.1) is 0 Å². The molecule has 0 saturated carbocycles. The van der Waals surface area contributed by atoms with Crippen molar-refractivity contribution in [2.75, 3.05) is 11.5 Å². The fourth-order valence-electron chi connectivity index (χ4n) is 3.67. The molecule has 5 nitrogen and oxygen atoms in total. The zero-order valence-electron chi connectivity index (χ0n) is 16.5. The van der Waals surface area contributed by atoms with Crippen LogP contribution in [0.2, 0.25) is 0 Å². The molecule has 0 bridgehead atoms. The molecular weight excluding hydrogens is 378 g/mol. The van der Waals surface area contributed by atoms with Crippen molar-refractivity contribution >= 4 is 23.1 Å². The van der Waals surface area contributed by atoms with E-state index in [0.717, 1.165) is 5.56 Å². The van der Waals surface area contributed by atoms with Crippen LogP contribution in [0.25, 0.3) is 5.76 Å². The number of carbonyl (C=O) groups is 2. The molecule has 4 rings (SSSR count). The second-order valence-electron chi connectivity index (χ2n) is 6.87. The summed E-state index contributed by atoms with van der Waals surface area (Å²) in [4.78, 5) is 27.5. The highest BCUT2D eigenvalue weighted by molar-refractivity contribution is 6.51. The van der Waals surface area contributed by atoms with Gasteiger partial charge in [0.15, 0.2) is 0 Å². The summed E-state index contributed by atoms with van der Waals surface area (Å²) in [5, 5.41) is 11.0. The van der Waals surface area contributed by atoms with Crippen molar-refractivity contribution in [2.24, 2.45) is 0 Å². The number of aliphatic hydroxyl groups is 1. The Kier molecular flexibility index (Phi) is 5.35. The molecule has 0 radical (unpaired) electrons. The number of amides is 1. The number of Topliss-reactive ketones (excluding diaryl/α,β-unsaturated/α-hetero) is 1. The number of aliphatic hydroxyl groups excluding tert-OH is 1. The Balaban J connectivity index is 1.87. The van der Waals surface area contributed by atoms with Crippen LogP contribution in [0.3, 0.4) is 0 Å². The van der Waals surface area contributed by atoms with Crippen molar-refractivity contribution in [3.63, 3.8) is 0 Å². The third-order valence-electron chi connectivity index (χ3n) is 5.03. The molecule has 3 aromatic carbocycles. The smallest absolute Gasteiger partial charge is 0.300 e. The predicted octanol–water partition coefficient (Wildman–Crippen LogP) is 4.71. The lowest BCUT2D eigenvalue weighted by Gasteiger charge is -2.25. The third kappa shape index (κ3) is 3.46. The standard InChI is InChI=1S/C25H21NO4/c1-2-30-20-15-13-19(14-16-20)26-22(17-9-5-3-6-10-17)21(24(28)25(26)29)23(27)18-11-7-4-8-12-18/h3-16,22,27H,2H2,1H3/t22-/m1/s1. The minimum atomic E-state index is -0.732. The Labute approximate surface area is 174 Å². The van der Waals surface area contributed by atoms with E-state index < -0.39 is 17.7 Å². The molecule has 1 aliphatic rings. The SMILES string of the molecule is CCOc1ccc(N2C(=O)C(=O)C(=C(O)c3ccccc3)[C@H]2c2ccccc2)cc1. The first-order valence-electron chi connectivity index (χ1n) is 9.76. The van der Waals surface area contributed by atoms with Crippen LogP contribution in [0.15, 0.2) is 90.5 Å². The maximum absolute atomic E-state index is 13.0. The summed E-state index contributed by atoms with van der Waals surface area (Å²) in [7, 11) is 0. The van der Waals surface area contributed by atoms with Crippen LogP contribution < -0.4 is 9.64 Å². The highest BCUT2D eigenvalue weighted by Crippen LogP contribution is 2.42. The Morgan fingerprint density at radius 3 is 2.10 bits per heavy atom. The van der Waals surface area contributed by atoms with Crippen LogP contribution in [0, 0.1) is 0 Å². The normalized spacial score (nSPS) is 17.9. The second kappa shape index (κ2) is 8.25. The van der Waals surface area contributed by atoms with Crippen molar-refractivity contribution in [3.05, 3.63) is 102 Å². The maximum Gasteiger partial charge on any atom is 0.300 e. The Bertz CT molecular complexity index is 1090. The zero-order valence-corrected chi connectivity index (χ0v) is 16.5. The quantitative estimate of drug-likeness (QED) is 0.383. The van der Waals surface area contributed by atoms with Gasteiger partial charge in [0.25, 0.3) is 11.7 Å². The zero-order chi connectivity index (χ0) is 21.1. The van der Waals surface area contributed by atoms with Crippen molar-refractivity contribution < 1.29 is 19.4 Å². The maximum atomic E-state index is 13.0. The molecule has 1 amide bonds. The van der Waals surface area contributed by atoms with Gasteiger partial charge in [-0.05, 0) is 36.8 Å². The van der Waals surface area contributed by atoms with Gasteiger partial charge >= 0.3 is 0 Å². The van der Waals surface area contributed by atoms with Crippen LogP contribution in [0.5, 0.6) is 5.75 Å². The van der Waals surface area contributed by atoms with E-state index in [0.29, 0.717) is 23.6 Å². The molecule has 1 aliphatic heterocycles. The molecule has 1 fully saturated rings. The average molecular weight is 399 g/mol. The Morgan fingerprint density at radius 2 is 1.50 bits per heavy atom. The van der Waals surface area contributed by atoms with E-state index in [1.54, 1.807) is 48.5 Å². The molecule has 30 heavy (non-hydrogen) atoms. The number of benzene rings is 3. The molecule has 5 heteroatoms. The van der Waals surface area contributed by atoms with Crippen LogP contribution in [0.4, 0.5) is 5.69 Å². The third-order valence-corrected chi connectivity index (χ3v) is 5.03. The number of carbonyl (C=O) groups excluding carboxylic acids is 2. The van der Waals surface area contributed by atoms with Gasteiger partial charge in [0, 0.05) is 11.3 Å². The van der Waals surface area contributed by atoms with Crippen LogP contribution in [-0.2, 0) is 9.59 Å². The van der Waals surface area contributed by atoms with Crippen molar-refractivity contribution in [1.29, 1.82) is 0 Å². The number of hydrogen-bond donors (Lipinski definition) is 1. The second-order valence-corrected chi connectivity index (χ2v) is 6.87. The van der Waals surface area contributed by atoms with Crippen LogP contribution in [0.1, 0.15) is 24.1 Å². The molecule has 1 atom stereocenters. The molecule has 0 aliphatic carbocycles. The van der Waals surface area contributed by atoms with Gasteiger partial charge in [0.05, 0.1) is 18.2 Å². The van der Waals surface area contributed by atoms with Gasteiger partial charge in [0.1, 0.15) is 11.5 Å². The molecule has 150 valence electrons. The van der Waals surface area contributed by atoms with Gasteiger partial charge in [0.2, 0.25) is 0 Å². The minimum absolute atomic E-state index is 0.0753. The lowest BCUT2D eigenvalue weighted by atomic mass is 9.95. The Hall–Kier alpha value is -3.86. The molecule has 0 aromatic heterocycles. The number of anilines is 1. The monoisotopic (exact) mass is 399 g/mol. The number of ether oxygens (including phenoxy) is 1. The number of ketones is 1. The highest BCUT2D eigenvalue weighted by atomic mass is 16.5. The van der Waals surface area contributed by atoms with Gasteiger partial charge in [-0.1, -0.05) is 60.7 Å². The van der Waals surface area contributed by atoms with Gasteiger partial charge < -0.3 is 9.84 Å². The van der Waals surface area contributed by atoms with E-state index in [-0.39, 0.29) is 11.3 Å². The fourth-order valence-corrected chi connectivity index (χ4v) is 3.67. The Morgan fingerprint density at radius 1 is 0.900 bits per heavy atom. The van der Waals surface area contributed by atoms with Crippen molar-refractivity contribution in [1.82, 2.24) is 0 Å². The summed E-state index contributed by atoms with van der Waals surface area (Å²) in [6.07, 6.45) is 0. The highest BCUT2D eigenvalue weighted by Gasteiger charge is 2.46. The minimum Gasteiger partial charge on any atom is -0.507 e. The molecule has 0 spiro atoms. The summed E-state index contributed by atoms with van der Waals surface area (Å²) >= 11 is 0. The van der Waals surface area contributed by atoms with E-state index >= 15 is 0 Å². The molecule has 3 aromatic rings. The average Bonchev–Trinajstić information content (AvgIpc) is 3.06. The van der Waals surface area contributed by atoms with E-state index in [2.05, 4.69) is 0 Å².